The van der Waals surface area contributed by atoms with Gasteiger partial charge in [0.15, 0.2) is 11.6 Å². The summed E-state index contributed by atoms with van der Waals surface area (Å²) in [6.07, 6.45) is 9.54. The van der Waals surface area contributed by atoms with Crippen molar-refractivity contribution < 1.29 is 23.9 Å². The molecule has 0 amide bonds. The Morgan fingerprint density at radius 1 is 1.03 bits per heavy atom. The molecule has 0 aromatic heterocycles. The number of ether oxygens (including phenoxy) is 2. The van der Waals surface area contributed by atoms with Gasteiger partial charge in [-0.1, -0.05) is 39.3 Å². The number of hydrogen-bond acceptors (Lipinski definition) is 6. The molecule has 0 N–H and O–H groups in total. The summed E-state index contributed by atoms with van der Waals surface area (Å²) in [6.45, 7) is 11.1. The van der Waals surface area contributed by atoms with E-state index in [-0.39, 0.29) is 64.2 Å². The topological polar surface area (TPSA) is 93.5 Å². The SMILES string of the molecule is COC[C@]1(C)C(=O)C(C#N)=CC2(C)C3=CC(=O)C4C(CCC5(C(=O)OC)CCC(C)(C)CC45)C3(C)CCC21. The van der Waals surface area contributed by atoms with E-state index in [1.165, 1.54) is 7.11 Å². The van der Waals surface area contributed by atoms with Gasteiger partial charge in [0.1, 0.15) is 6.07 Å². The fourth-order valence-electron chi connectivity index (χ4n) is 10.1. The maximum Gasteiger partial charge on any atom is 0.312 e. The van der Waals surface area contributed by atoms with Crippen LogP contribution in [0.3, 0.4) is 0 Å². The number of carbonyl (C=O) groups is 3. The highest BCUT2D eigenvalue weighted by atomic mass is 16.5. The van der Waals surface area contributed by atoms with Crippen molar-refractivity contribution in [2.75, 3.05) is 20.8 Å². The smallest absolute Gasteiger partial charge is 0.312 e. The molecule has 0 saturated heterocycles. The van der Waals surface area contributed by atoms with Gasteiger partial charge in [-0.05, 0) is 86.5 Å². The van der Waals surface area contributed by atoms with E-state index in [1.807, 2.05) is 19.1 Å². The van der Waals surface area contributed by atoms with Crippen LogP contribution < -0.4 is 0 Å². The zero-order valence-electron chi connectivity index (χ0n) is 24.1. The predicted octanol–water partition coefficient (Wildman–Crippen LogP) is 5.62. The second kappa shape index (κ2) is 8.62. The van der Waals surface area contributed by atoms with Crippen molar-refractivity contribution in [3.05, 3.63) is 23.3 Å². The summed E-state index contributed by atoms with van der Waals surface area (Å²) in [4.78, 5) is 41.0. The lowest BCUT2D eigenvalue weighted by Crippen LogP contribution is -2.62. The van der Waals surface area contributed by atoms with E-state index in [9.17, 15) is 19.6 Å². The normalized spacial score (nSPS) is 45.3. The van der Waals surface area contributed by atoms with Crippen LogP contribution in [-0.2, 0) is 23.9 Å². The van der Waals surface area contributed by atoms with Crippen LogP contribution in [0.5, 0.6) is 0 Å². The van der Waals surface area contributed by atoms with Gasteiger partial charge < -0.3 is 9.47 Å². The molecule has 5 aliphatic rings. The molecule has 6 nitrogen and oxygen atoms in total. The van der Waals surface area contributed by atoms with Crippen molar-refractivity contribution >= 4 is 17.5 Å². The van der Waals surface area contributed by atoms with Crippen molar-refractivity contribution in [3.8, 4) is 6.07 Å². The molecule has 0 heterocycles. The highest BCUT2D eigenvalue weighted by molar-refractivity contribution is 6.05. The average molecular weight is 522 g/mol. The summed E-state index contributed by atoms with van der Waals surface area (Å²) in [5.41, 5.74) is -0.963. The third-order valence-electron chi connectivity index (χ3n) is 11.9. The molecule has 0 aromatic rings. The molecular formula is C32H43NO5. The highest BCUT2D eigenvalue weighted by Gasteiger charge is 2.67. The van der Waals surface area contributed by atoms with Crippen LogP contribution in [0.25, 0.3) is 0 Å². The maximum atomic E-state index is 14.3. The van der Waals surface area contributed by atoms with Crippen molar-refractivity contribution in [3.63, 3.8) is 0 Å². The Morgan fingerprint density at radius 2 is 1.74 bits per heavy atom. The minimum absolute atomic E-state index is 0.0398. The molecule has 0 bridgehead atoms. The van der Waals surface area contributed by atoms with Crippen LogP contribution in [0, 0.1) is 62.1 Å². The number of fused-ring (bicyclic) bond motifs is 7. The molecule has 3 saturated carbocycles. The molecule has 3 fully saturated rings. The summed E-state index contributed by atoms with van der Waals surface area (Å²) in [5, 5.41) is 9.94. The molecule has 0 spiro atoms. The molecule has 5 rings (SSSR count). The number of Topliss-reactive ketones (excluding diaryl/α,β-unsaturated/α-hetero) is 1. The van der Waals surface area contributed by atoms with Gasteiger partial charge >= 0.3 is 5.97 Å². The fraction of sp³-hybridized carbons (Fsp3) is 0.750. The Hall–Kier alpha value is -2.26. The third kappa shape index (κ3) is 3.43. The standard InChI is InChI=1S/C32H43NO5/c1-28(2)12-13-32(27(36)38-7)11-8-20-25(21(32)16-28)22(34)14-24-29(20,3)10-9-23-30(24,4)15-19(17-33)26(35)31(23,5)18-37-6/h14-15,20-21,23,25H,8-13,16,18H2,1-7H3/t20?,21?,23?,25?,29?,30?,31-,32?/m0/s1. The first-order valence-corrected chi connectivity index (χ1v) is 14.3. The van der Waals surface area contributed by atoms with Gasteiger partial charge in [-0.2, -0.15) is 5.26 Å². The molecule has 6 heteroatoms. The minimum atomic E-state index is -0.828. The van der Waals surface area contributed by atoms with E-state index in [0.29, 0.717) is 0 Å². The lowest BCUT2D eigenvalue weighted by atomic mass is 9.38. The van der Waals surface area contributed by atoms with Crippen LogP contribution >= 0.6 is 0 Å². The van der Waals surface area contributed by atoms with Crippen LogP contribution in [-0.4, -0.2) is 38.4 Å². The second-order valence-electron chi connectivity index (χ2n) is 14.4. The third-order valence-corrected chi connectivity index (χ3v) is 11.9. The zero-order chi connectivity index (χ0) is 27.9. The van der Waals surface area contributed by atoms with E-state index >= 15 is 0 Å². The van der Waals surface area contributed by atoms with Crippen molar-refractivity contribution in [2.24, 2.45) is 50.7 Å². The van der Waals surface area contributed by atoms with Crippen LogP contribution in [0.15, 0.2) is 23.3 Å². The van der Waals surface area contributed by atoms with E-state index in [4.69, 9.17) is 9.47 Å². The highest BCUT2D eigenvalue weighted by Crippen LogP contribution is 2.70. The zero-order valence-corrected chi connectivity index (χ0v) is 24.1. The van der Waals surface area contributed by atoms with Gasteiger partial charge in [-0.25, -0.2) is 0 Å². The van der Waals surface area contributed by atoms with Gasteiger partial charge in [0.05, 0.1) is 30.1 Å². The summed E-state index contributed by atoms with van der Waals surface area (Å²) in [6, 6.07) is 2.16. The van der Waals surface area contributed by atoms with E-state index in [0.717, 1.165) is 50.5 Å². The summed E-state index contributed by atoms with van der Waals surface area (Å²) >= 11 is 0. The van der Waals surface area contributed by atoms with Crippen LogP contribution in [0.4, 0.5) is 0 Å². The Kier molecular flexibility index (Phi) is 6.19. The fourth-order valence-corrected chi connectivity index (χ4v) is 10.1. The van der Waals surface area contributed by atoms with Crippen molar-refractivity contribution in [2.45, 2.75) is 79.6 Å². The lowest BCUT2D eigenvalue weighted by molar-refractivity contribution is -0.178. The number of methoxy groups -OCH3 is 2. The van der Waals surface area contributed by atoms with Gasteiger partial charge in [0, 0.05) is 18.4 Å². The average Bonchev–Trinajstić information content (AvgIpc) is 2.86. The number of hydrogen-bond donors (Lipinski definition) is 0. The molecule has 0 radical (unpaired) electrons. The van der Waals surface area contributed by atoms with Gasteiger partial charge in [0.25, 0.3) is 0 Å². The largest absolute Gasteiger partial charge is 0.469 e. The first kappa shape index (κ1) is 27.3. The number of nitrogens with zero attached hydrogens (tertiary/aromatic N) is 1. The molecule has 5 aliphatic carbocycles. The summed E-state index contributed by atoms with van der Waals surface area (Å²) in [7, 11) is 3.08. The van der Waals surface area contributed by atoms with Gasteiger partial charge in [0.2, 0.25) is 0 Å². The van der Waals surface area contributed by atoms with E-state index < -0.39 is 16.2 Å². The minimum Gasteiger partial charge on any atom is -0.469 e. The second-order valence-corrected chi connectivity index (χ2v) is 14.4. The predicted molar refractivity (Wildman–Crippen MR) is 142 cm³/mol. The Balaban J connectivity index is 1.66. The van der Waals surface area contributed by atoms with Gasteiger partial charge in [-0.3, -0.25) is 14.4 Å². The number of nitriles is 1. The molecule has 206 valence electrons. The molecule has 0 aliphatic heterocycles. The Morgan fingerprint density at radius 3 is 2.37 bits per heavy atom. The van der Waals surface area contributed by atoms with Gasteiger partial charge in [-0.15, -0.1) is 0 Å². The number of allylic oxidation sites excluding steroid dienone is 4. The van der Waals surface area contributed by atoms with Crippen LogP contribution in [0.1, 0.15) is 79.6 Å². The first-order chi connectivity index (χ1) is 17.7. The first-order valence-electron chi connectivity index (χ1n) is 14.3. The Labute approximate surface area is 227 Å². The number of esters is 1. The summed E-state index contributed by atoms with van der Waals surface area (Å²) in [5.74, 6) is -0.393. The molecule has 38 heavy (non-hydrogen) atoms. The monoisotopic (exact) mass is 521 g/mol. The summed E-state index contributed by atoms with van der Waals surface area (Å²) < 4.78 is 10.9. The van der Waals surface area contributed by atoms with Crippen molar-refractivity contribution in [1.82, 2.24) is 0 Å². The molecule has 7 unspecified atom stereocenters. The van der Waals surface area contributed by atoms with E-state index in [2.05, 4.69) is 33.8 Å². The molecule has 8 atom stereocenters. The number of rotatable bonds is 3. The Bertz CT molecular complexity index is 1190. The number of ketones is 2. The maximum absolute atomic E-state index is 14.3. The molecule has 0 aromatic carbocycles. The van der Waals surface area contributed by atoms with E-state index in [1.54, 1.807) is 7.11 Å². The lowest BCUT2D eigenvalue weighted by Gasteiger charge is -2.64. The molecular weight excluding hydrogens is 478 g/mol. The van der Waals surface area contributed by atoms with Crippen molar-refractivity contribution in [1.29, 1.82) is 5.26 Å². The van der Waals surface area contributed by atoms with Crippen LogP contribution in [0.2, 0.25) is 0 Å². The number of carbonyl (C=O) groups excluding carboxylic acids is 3. The quantitative estimate of drug-likeness (QED) is 0.448.